The Balaban J connectivity index is 0.000000218. The van der Waals surface area contributed by atoms with Crippen LogP contribution in [-0.2, 0) is 0 Å². The van der Waals surface area contributed by atoms with Crippen LogP contribution in [0.25, 0.3) is 0 Å². The third-order valence-corrected chi connectivity index (χ3v) is 0.940. The first-order valence-electron chi connectivity index (χ1n) is 3.07. The summed E-state index contributed by atoms with van der Waals surface area (Å²) in [6.45, 7) is -1.58. The Morgan fingerprint density at radius 1 is 1.00 bits per heavy atom. The number of rotatable bonds is 0. The Hall–Kier alpha value is -0.990. The van der Waals surface area contributed by atoms with E-state index in [2.05, 4.69) is 19.1 Å². The summed E-state index contributed by atoms with van der Waals surface area (Å²) >= 11 is 0. The normalized spacial score (nSPS) is 8.82. The molecule has 0 aliphatic rings. The fourth-order valence-corrected chi connectivity index (χ4v) is 0.534. The molecule has 0 aliphatic carbocycles. The van der Waals surface area contributed by atoms with Gasteiger partial charge in [0.2, 0.25) is 0 Å². The number of benzene rings is 1. The minimum Gasteiger partial charge on any atom is -0.174 e. The lowest BCUT2D eigenvalue weighted by molar-refractivity contribution is 0.00819. The molecule has 0 fully saturated rings. The molecular formula is C8H9F3. The molecule has 62 valence electrons. The fourth-order valence-electron chi connectivity index (χ4n) is 0.534. The van der Waals surface area contributed by atoms with Crippen molar-refractivity contribution in [1.82, 2.24) is 0 Å². The molecule has 0 nitrogen and oxygen atoms in total. The molecule has 1 rings (SSSR count). The second kappa shape index (κ2) is 5.77. The fraction of sp³-hybridized carbons (Fsp3) is 0.250. The molecule has 0 saturated carbocycles. The van der Waals surface area contributed by atoms with Gasteiger partial charge in [-0.15, -0.1) is 0 Å². The highest BCUT2D eigenvalue weighted by Crippen LogP contribution is 1.92. The van der Waals surface area contributed by atoms with Crippen LogP contribution in [0.15, 0.2) is 30.3 Å². The summed E-state index contributed by atoms with van der Waals surface area (Å²) < 4.78 is 29.0. The molecule has 0 aliphatic heterocycles. The van der Waals surface area contributed by atoms with Gasteiger partial charge in [-0.2, -0.15) is 13.2 Å². The van der Waals surface area contributed by atoms with Crippen LogP contribution in [0.2, 0.25) is 0 Å². The van der Waals surface area contributed by atoms with E-state index in [9.17, 15) is 13.2 Å². The number of hydrogen-bond donors (Lipinski definition) is 0. The Labute approximate surface area is 63.7 Å². The lowest BCUT2D eigenvalue weighted by Crippen LogP contribution is -1.65. The molecule has 1 aromatic rings. The molecule has 0 saturated heterocycles. The Morgan fingerprint density at radius 2 is 1.36 bits per heavy atom. The third kappa shape index (κ3) is 9.01. The van der Waals surface area contributed by atoms with E-state index in [1.807, 2.05) is 18.2 Å². The van der Waals surface area contributed by atoms with Crippen molar-refractivity contribution in [2.45, 2.75) is 13.6 Å². The van der Waals surface area contributed by atoms with Crippen LogP contribution in [0.4, 0.5) is 13.2 Å². The zero-order chi connectivity index (χ0) is 8.69. The highest BCUT2D eigenvalue weighted by Gasteiger charge is 1.86. The number of hydrogen-bond acceptors (Lipinski definition) is 0. The third-order valence-electron chi connectivity index (χ3n) is 0.940. The van der Waals surface area contributed by atoms with Gasteiger partial charge < -0.3 is 0 Å². The van der Waals surface area contributed by atoms with Gasteiger partial charge in [-0.05, 0) is 6.92 Å². The zero-order valence-electron chi connectivity index (χ0n) is 6.10. The zero-order valence-corrected chi connectivity index (χ0v) is 6.10. The van der Waals surface area contributed by atoms with E-state index < -0.39 is 6.68 Å². The first-order chi connectivity index (χ1) is 5.13. The first kappa shape index (κ1) is 10.0. The molecule has 11 heavy (non-hydrogen) atoms. The minimum atomic E-state index is -3.67. The highest BCUT2D eigenvalue weighted by molar-refractivity contribution is 5.11. The molecule has 0 amide bonds. The molecule has 0 radical (unpaired) electrons. The van der Waals surface area contributed by atoms with Crippen LogP contribution in [0.1, 0.15) is 5.56 Å². The van der Waals surface area contributed by atoms with Crippen LogP contribution in [0, 0.1) is 6.92 Å². The first-order valence-corrected chi connectivity index (χ1v) is 3.07. The van der Waals surface area contributed by atoms with Gasteiger partial charge in [0.15, 0.2) is 0 Å². The maximum Gasteiger partial charge on any atom is 0.379 e. The van der Waals surface area contributed by atoms with Crippen LogP contribution >= 0.6 is 0 Å². The molecule has 0 bridgehead atoms. The molecular weight excluding hydrogens is 153 g/mol. The largest absolute Gasteiger partial charge is 0.379 e. The summed E-state index contributed by atoms with van der Waals surface area (Å²) in [6.07, 6.45) is 0. The molecule has 0 unspecified atom stereocenters. The van der Waals surface area contributed by atoms with Gasteiger partial charge in [0.05, 0.1) is 0 Å². The van der Waals surface area contributed by atoms with Crippen molar-refractivity contribution < 1.29 is 13.2 Å². The Kier molecular flexibility index (Phi) is 5.25. The minimum absolute atomic E-state index is 1.32. The van der Waals surface area contributed by atoms with E-state index in [1.54, 1.807) is 0 Å². The summed E-state index contributed by atoms with van der Waals surface area (Å²) in [5, 5.41) is 0. The summed E-state index contributed by atoms with van der Waals surface area (Å²) in [6, 6.07) is 10.3. The van der Waals surface area contributed by atoms with Gasteiger partial charge >= 0.3 is 6.68 Å². The molecule has 0 atom stereocenters. The van der Waals surface area contributed by atoms with Gasteiger partial charge in [-0.25, -0.2) is 0 Å². The van der Waals surface area contributed by atoms with E-state index in [0.29, 0.717) is 0 Å². The average Bonchev–Trinajstić information content (AvgIpc) is 1.87. The number of alkyl halides is 3. The summed E-state index contributed by atoms with van der Waals surface area (Å²) in [7, 11) is 0. The molecule has 0 N–H and O–H groups in total. The number of aryl methyl sites for hydroxylation is 1. The summed E-state index contributed by atoms with van der Waals surface area (Å²) in [5.74, 6) is 0. The monoisotopic (exact) mass is 162 g/mol. The SMILES string of the molecule is Cc1ccccc1.FC(F)F. The second-order valence-corrected chi connectivity index (χ2v) is 1.90. The van der Waals surface area contributed by atoms with Gasteiger partial charge in [0.25, 0.3) is 0 Å². The van der Waals surface area contributed by atoms with Gasteiger partial charge in [0, 0.05) is 0 Å². The topological polar surface area (TPSA) is 0 Å². The van der Waals surface area contributed by atoms with Gasteiger partial charge in [-0.3, -0.25) is 0 Å². The molecule has 0 heterocycles. The molecule has 3 heteroatoms. The van der Waals surface area contributed by atoms with Crippen LogP contribution in [0.5, 0.6) is 0 Å². The van der Waals surface area contributed by atoms with Crippen molar-refractivity contribution in [3.63, 3.8) is 0 Å². The van der Waals surface area contributed by atoms with Crippen molar-refractivity contribution in [2.24, 2.45) is 0 Å². The van der Waals surface area contributed by atoms with Crippen molar-refractivity contribution in [2.75, 3.05) is 0 Å². The van der Waals surface area contributed by atoms with E-state index in [0.717, 1.165) is 0 Å². The summed E-state index contributed by atoms with van der Waals surface area (Å²) in [5.41, 5.74) is 1.32. The average molecular weight is 162 g/mol. The Bertz CT molecular complexity index is 169. The van der Waals surface area contributed by atoms with Crippen LogP contribution < -0.4 is 0 Å². The molecule has 0 spiro atoms. The maximum absolute atomic E-state index is 9.67. The predicted molar refractivity (Wildman–Crippen MR) is 38.3 cm³/mol. The highest BCUT2D eigenvalue weighted by atomic mass is 19.4. The molecule has 0 aromatic heterocycles. The van der Waals surface area contributed by atoms with E-state index in [-0.39, 0.29) is 0 Å². The lowest BCUT2D eigenvalue weighted by Gasteiger charge is -1.82. The van der Waals surface area contributed by atoms with Gasteiger partial charge in [0.1, 0.15) is 0 Å². The van der Waals surface area contributed by atoms with E-state index in [1.165, 1.54) is 5.56 Å². The smallest absolute Gasteiger partial charge is 0.174 e. The van der Waals surface area contributed by atoms with Crippen LogP contribution in [0.3, 0.4) is 0 Å². The van der Waals surface area contributed by atoms with Gasteiger partial charge in [-0.1, -0.05) is 35.9 Å². The van der Waals surface area contributed by atoms with Crippen molar-refractivity contribution in [3.8, 4) is 0 Å². The van der Waals surface area contributed by atoms with Crippen molar-refractivity contribution in [1.29, 1.82) is 0 Å². The quantitative estimate of drug-likeness (QED) is 0.549. The van der Waals surface area contributed by atoms with Crippen molar-refractivity contribution in [3.05, 3.63) is 35.9 Å². The second-order valence-electron chi connectivity index (χ2n) is 1.90. The summed E-state index contributed by atoms with van der Waals surface area (Å²) in [4.78, 5) is 0. The maximum atomic E-state index is 9.67. The molecule has 1 aromatic carbocycles. The Morgan fingerprint density at radius 3 is 1.55 bits per heavy atom. The number of halogens is 3. The van der Waals surface area contributed by atoms with E-state index in [4.69, 9.17) is 0 Å². The van der Waals surface area contributed by atoms with E-state index >= 15 is 0 Å². The van der Waals surface area contributed by atoms with Crippen LogP contribution in [-0.4, -0.2) is 6.68 Å². The lowest BCUT2D eigenvalue weighted by atomic mass is 10.2. The van der Waals surface area contributed by atoms with Crippen molar-refractivity contribution >= 4 is 0 Å². The standard InChI is InChI=1S/C7H8.CHF3/c1-7-5-3-2-4-6-7;2-1(3)4/h2-6H,1H3;1H. The predicted octanol–water partition coefficient (Wildman–Crippen LogP) is 3.17.